The number of hydrogen-bond donors (Lipinski definition) is 2. The monoisotopic (exact) mass is 351 g/mol. The number of nitrogens with two attached hydrogens (primary N) is 1. The fourth-order valence-corrected chi connectivity index (χ4v) is 3.00. The zero-order chi connectivity index (χ0) is 18.5. The summed E-state index contributed by atoms with van der Waals surface area (Å²) in [6, 6.07) is 12.1. The number of H-pyrrole nitrogens is 1. The molecular weight excluding hydrogens is 330 g/mol. The van der Waals surface area contributed by atoms with Crippen molar-refractivity contribution < 1.29 is 14.3 Å². The van der Waals surface area contributed by atoms with Crippen molar-refractivity contribution in [3.05, 3.63) is 65.6 Å². The fraction of sp³-hybridized carbons (Fsp3) is 0.250. The van der Waals surface area contributed by atoms with Gasteiger partial charge in [0.1, 0.15) is 5.69 Å². The predicted molar refractivity (Wildman–Crippen MR) is 98.9 cm³/mol. The summed E-state index contributed by atoms with van der Waals surface area (Å²) in [5.41, 5.74) is 8.97. The second-order valence-corrected chi connectivity index (χ2v) is 6.00. The average Bonchev–Trinajstić information content (AvgIpc) is 2.99. The Hall–Kier alpha value is -2.99. The molecule has 134 valence electrons. The van der Waals surface area contributed by atoms with Gasteiger partial charge >= 0.3 is 5.97 Å². The molecule has 2 heterocycles. The zero-order valence-electron chi connectivity index (χ0n) is 14.6. The Balaban J connectivity index is 1.89. The lowest BCUT2D eigenvalue weighted by Gasteiger charge is -2.11. The van der Waals surface area contributed by atoms with Crippen LogP contribution in [0.4, 0.5) is 0 Å². The van der Waals surface area contributed by atoms with E-state index in [1.165, 1.54) is 0 Å². The summed E-state index contributed by atoms with van der Waals surface area (Å²) in [6.07, 6.45) is 1.99. The lowest BCUT2D eigenvalue weighted by molar-refractivity contribution is -0.142. The molecule has 0 radical (unpaired) electrons. The molecule has 0 aliphatic rings. The lowest BCUT2D eigenvalue weighted by Crippen LogP contribution is -2.33. The molecule has 1 atom stereocenters. The van der Waals surface area contributed by atoms with Gasteiger partial charge in [0.25, 0.3) is 0 Å². The number of carbonyl (C=O) groups excluding carboxylic acids is 2. The minimum atomic E-state index is -0.751. The van der Waals surface area contributed by atoms with Crippen molar-refractivity contribution in [2.75, 3.05) is 6.61 Å². The van der Waals surface area contributed by atoms with Gasteiger partial charge in [-0.2, -0.15) is 0 Å². The maximum atomic E-state index is 12.5. The maximum absolute atomic E-state index is 12.5. The molecule has 0 amide bonds. The maximum Gasteiger partial charge on any atom is 0.310 e. The molecule has 0 aliphatic carbocycles. The van der Waals surface area contributed by atoms with Crippen LogP contribution >= 0.6 is 0 Å². The molecule has 2 aromatic heterocycles. The van der Waals surface area contributed by atoms with E-state index >= 15 is 0 Å². The van der Waals surface area contributed by atoms with Gasteiger partial charge in [-0.3, -0.25) is 14.6 Å². The van der Waals surface area contributed by atoms with Crippen molar-refractivity contribution >= 4 is 22.7 Å². The minimum Gasteiger partial charge on any atom is -0.466 e. The molecule has 0 spiro atoms. The fourth-order valence-electron chi connectivity index (χ4n) is 3.00. The molecule has 3 rings (SSSR count). The number of ketones is 1. The van der Waals surface area contributed by atoms with Crippen molar-refractivity contribution in [1.29, 1.82) is 0 Å². The van der Waals surface area contributed by atoms with E-state index in [2.05, 4.69) is 9.97 Å². The van der Waals surface area contributed by atoms with Gasteiger partial charge in [0, 0.05) is 29.2 Å². The number of Topliss-reactive ketones (excluding diaryl/α,β-unsaturated/α-hetero) is 1. The summed E-state index contributed by atoms with van der Waals surface area (Å²) in [4.78, 5) is 31.9. The number of benzene rings is 1. The van der Waals surface area contributed by atoms with Gasteiger partial charge in [0.15, 0.2) is 5.78 Å². The first kappa shape index (κ1) is 17.8. The van der Waals surface area contributed by atoms with E-state index in [1.54, 1.807) is 31.3 Å². The molecular formula is C20H21N3O3. The number of aromatic nitrogens is 2. The Labute approximate surface area is 151 Å². The molecule has 6 heteroatoms. The van der Waals surface area contributed by atoms with Crippen molar-refractivity contribution in [3.8, 4) is 0 Å². The number of carbonyl (C=O) groups is 2. The summed E-state index contributed by atoms with van der Waals surface area (Å²) in [7, 11) is 0. The number of fused-ring (bicyclic) bond motifs is 1. The van der Waals surface area contributed by atoms with E-state index in [9.17, 15) is 9.59 Å². The molecule has 0 bridgehead atoms. The Morgan fingerprint density at radius 1 is 1.19 bits per heavy atom. The van der Waals surface area contributed by atoms with Crippen LogP contribution in [0.15, 0.2) is 48.7 Å². The van der Waals surface area contributed by atoms with Crippen molar-refractivity contribution in [2.24, 2.45) is 5.73 Å². The molecule has 3 aromatic rings. The number of nitrogens with zero attached hydrogens (tertiary/aromatic N) is 1. The van der Waals surface area contributed by atoms with Crippen molar-refractivity contribution in [1.82, 2.24) is 9.97 Å². The highest BCUT2D eigenvalue weighted by Crippen LogP contribution is 2.24. The first-order valence-electron chi connectivity index (χ1n) is 8.55. The third kappa shape index (κ3) is 3.81. The highest BCUT2D eigenvalue weighted by Gasteiger charge is 2.22. The van der Waals surface area contributed by atoms with E-state index in [0.717, 1.165) is 22.2 Å². The zero-order valence-corrected chi connectivity index (χ0v) is 14.6. The third-order valence-electron chi connectivity index (χ3n) is 4.21. The summed E-state index contributed by atoms with van der Waals surface area (Å²) in [5.74, 6) is -0.533. The van der Waals surface area contributed by atoms with Gasteiger partial charge in [-0.15, -0.1) is 0 Å². The number of nitrogens with one attached hydrogen (secondary N) is 1. The molecule has 3 N–H and O–H groups in total. The van der Waals surface area contributed by atoms with Crippen LogP contribution in [0.1, 0.15) is 28.7 Å². The number of hydrogen-bond acceptors (Lipinski definition) is 5. The molecule has 0 saturated carbocycles. The van der Waals surface area contributed by atoms with E-state index < -0.39 is 6.04 Å². The summed E-state index contributed by atoms with van der Waals surface area (Å²) >= 11 is 0. The second kappa shape index (κ2) is 7.93. The Morgan fingerprint density at radius 3 is 2.69 bits per heavy atom. The van der Waals surface area contributed by atoms with Crippen LogP contribution in [0.2, 0.25) is 0 Å². The number of pyridine rings is 1. The molecule has 6 nitrogen and oxygen atoms in total. The van der Waals surface area contributed by atoms with Crippen LogP contribution in [0.3, 0.4) is 0 Å². The van der Waals surface area contributed by atoms with Gasteiger partial charge in [0.2, 0.25) is 0 Å². The third-order valence-corrected chi connectivity index (χ3v) is 4.21. The van der Waals surface area contributed by atoms with E-state index in [1.807, 2.05) is 24.3 Å². The van der Waals surface area contributed by atoms with Gasteiger partial charge in [-0.25, -0.2) is 0 Å². The van der Waals surface area contributed by atoms with Gasteiger partial charge < -0.3 is 15.5 Å². The SMILES string of the molecule is CCOC(=O)Cc1c(CC(N)C(=O)c2ccccn2)[nH]c2ccccc12. The van der Waals surface area contributed by atoms with Crippen LogP contribution in [-0.4, -0.2) is 34.4 Å². The Morgan fingerprint density at radius 2 is 1.96 bits per heavy atom. The standard InChI is InChI=1S/C20H21N3O3/c1-2-26-19(24)11-14-13-7-3-4-8-16(13)23-18(14)12-15(21)20(25)17-9-5-6-10-22-17/h3-10,15,23H,2,11-12,21H2,1H3. The quantitative estimate of drug-likeness (QED) is 0.503. The molecule has 0 aliphatic heterocycles. The summed E-state index contributed by atoms with van der Waals surface area (Å²) < 4.78 is 5.08. The van der Waals surface area contributed by atoms with Crippen LogP contribution in [0, 0.1) is 0 Å². The molecule has 0 fully saturated rings. The Kier molecular flexibility index (Phi) is 5.43. The first-order valence-corrected chi connectivity index (χ1v) is 8.55. The van der Waals surface area contributed by atoms with E-state index in [-0.39, 0.29) is 18.2 Å². The van der Waals surface area contributed by atoms with Crippen LogP contribution in [-0.2, 0) is 22.4 Å². The average molecular weight is 351 g/mol. The number of ether oxygens (including phenoxy) is 1. The lowest BCUT2D eigenvalue weighted by atomic mass is 10.00. The number of rotatable bonds is 7. The van der Waals surface area contributed by atoms with Gasteiger partial charge in [-0.1, -0.05) is 24.3 Å². The van der Waals surface area contributed by atoms with Crippen molar-refractivity contribution in [2.45, 2.75) is 25.8 Å². The minimum absolute atomic E-state index is 0.137. The first-order chi connectivity index (χ1) is 12.6. The topological polar surface area (TPSA) is 98.1 Å². The highest BCUT2D eigenvalue weighted by molar-refractivity contribution is 5.98. The van der Waals surface area contributed by atoms with Crippen molar-refractivity contribution in [3.63, 3.8) is 0 Å². The molecule has 26 heavy (non-hydrogen) atoms. The van der Waals surface area contributed by atoms with Crippen LogP contribution < -0.4 is 5.73 Å². The van der Waals surface area contributed by atoms with E-state index in [4.69, 9.17) is 10.5 Å². The number of para-hydroxylation sites is 1. The smallest absolute Gasteiger partial charge is 0.310 e. The number of aromatic amines is 1. The molecule has 0 saturated heterocycles. The van der Waals surface area contributed by atoms with Crippen LogP contribution in [0.25, 0.3) is 10.9 Å². The highest BCUT2D eigenvalue weighted by atomic mass is 16.5. The van der Waals surface area contributed by atoms with Gasteiger partial charge in [0.05, 0.1) is 19.1 Å². The van der Waals surface area contributed by atoms with Gasteiger partial charge in [-0.05, 0) is 30.7 Å². The largest absolute Gasteiger partial charge is 0.466 e. The predicted octanol–water partition coefficient (Wildman–Crippen LogP) is 2.42. The number of esters is 1. The molecule has 1 aromatic carbocycles. The molecule has 1 unspecified atom stereocenters. The van der Waals surface area contributed by atoms with E-state index in [0.29, 0.717) is 18.7 Å². The second-order valence-electron chi connectivity index (χ2n) is 6.00. The summed E-state index contributed by atoms with van der Waals surface area (Å²) in [6.45, 7) is 2.10. The Bertz CT molecular complexity index is 918. The van der Waals surface area contributed by atoms with Crippen LogP contribution in [0.5, 0.6) is 0 Å². The summed E-state index contributed by atoms with van der Waals surface area (Å²) in [5, 5.41) is 0.938. The normalized spacial score (nSPS) is 12.1.